The van der Waals surface area contributed by atoms with Gasteiger partial charge in [-0.05, 0) is 19.1 Å². The predicted molar refractivity (Wildman–Crippen MR) is 72.1 cm³/mol. The topological polar surface area (TPSA) is 50.9 Å². The zero-order chi connectivity index (χ0) is 15.6. The normalized spacial score (nSPS) is 13.0. The maximum atomic E-state index is 13.6. The Balaban J connectivity index is 2.29. The lowest BCUT2D eigenvalue weighted by Crippen LogP contribution is -2.13. The van der Waals surface area contributed by atoms with Gasteiger partial charge in [-0.3, -0.25) is 0 Å². The second kappa shape index (κ2) is 5.59. The monoisotopic (exact) mass is 299 g/mol. The molecule has 3 nitrogen and oxygen atoms in total. The quantitative estimate of drug-likeness (QED) is 0.842. The first-order chi connectivity index (χ1) is 9.79. The summed E-state index contributed by atoms with van der Waals surface area (Å²) in [5, 5.41) is 2.77. The number of anilines is 2. The molecule has 21 heavy (non-hydrogen) atoms. The van der Waals surface area contributed by atoms with Crippen molar-refractivity contribution in [1.29, 1.82) is 0 Å². The van der Waals surface area contributed by atoms with Gasteiger partial charge in [-0.25, -0.2) is 9.37 Å². The van der Waals surface area contributed by atoms with Crippen LogP contribution in [0.25, 0.3) is 0 Å². The number of rotatable bonds is 3. The first-order valence-corrected chi connectivity index (χ1v) is 6.12. The number of nitrogens with zero attached hydrogens (tertiary/aromatic N) is 1. The van der Waals surface area contributed by atoms with Crippen LogP contribution >= 0.6 is 0 Å². The maximum Gasteiger partial charge on any atom is 0.433 e. The van der Waals surface area contributed by atoms with Crippen LogP contribution in [0.1, 0.15) is 24.2 Å². The largest absolute Gasteiger partial charge is 0.433 e. The standard InChI is InChI=1S/C14H13F4N3/c1-8(9-4-2-3-5-10(9)15)21-12-6-13(14(16,17)18)20-7-11(12)19/h2-8H,19H2,1H3,(H,20,21). The summed E-state index contributed by atoms with van der Waals surface area (Å²) in [6.07, 6.45) is -3.63. The number of hydrogen-bond donors (Lipinski definition) is 2. The van der Waals surface area contributed by atoms with Crippen LogP contribution in [0.15, 0.2) is 36.5 Å². The van der Waals surface area contributed by atoms with Crippen LogP contribution in [0.3, 0.4) is 0 Å². The fraction of sp³-hybridized carbons (Fsp3) is 0.214. The number of nitrogens with two attached hydrogens (primary N) is 1. The fourth-order valence-electron chi connectivity index (χ4n) is 1.88. The van der Waals surface area contributed by atoms with E-state index in [2.05, 4.69) is 10.3 Å². The summed E-state index contributed by atoms with van der Waals surface area (Å²) in [7, 11) is 0. The van der Waals surface area contributed by atoms with E-state index in [0.29, 0.717) is 5.56 Å². The molecule has 0 spiro atoms. The molecule has 3 N–H and O–H groups in total. The molecule has 0 amide bonds. The van der Waals surface area contributed by atoms with Crippen molar-refractivity contribution in [1.82, 2.24) is 4.98 Å². The Hall–Kier alpha value is -2.31. The Morgan fingerprint density at radius 1 is 1.24 bits per heavy atom. The lowest BCUT2D eigenvalue weighted by molar-refractivity contribution is -0.141. The van der Waals surface area contributed by atoms with Crippen LogP contribution in [0.2, 0.25) is 0 Å². The summed E-state index contributed by atoms with van der Waals surface area (Å²) in [5.41, 5.74) is 5.02. The zero-order valence-electron chi connectivity index (χ0n) is 11.1. The van der Waals surface area contributed by atoms with Gasteiger partial charge in [0.2, 0.25) is 0 Å². The van der Waals surface area contributed by atoms with Crippen LogP contribution in [0.4, 0.5) is 28.9 Å². The highest BCUT2D eigenvalue weighted by Gasteiger charge is 2.33. The number of pyridine rings is 1. The van der Waals surface area contributed by atoms with Crippen molar-refractivity contribution in [3.63, 3.8) is 0 Å². The van der Waals surface area contributed by atoms with Crippen molar-refractivity contribution in [3.8, 4) is 0 Å². The summed E-state index contributed by atoms with van der Waals surface area (Å²) in [6.45, 7) is 1.63. The van der Waals surface area contributed by atoms with Gasteiger partial charge >= 0.3 is 6.18 Å². The van der Waals surface area contributed by atoms with Gasteiger partial charge in [0, 0.05) is 5.56 Å². The minimum atomic E-state index is -4.56. The number of hydrogen-bond acceptors (Lipinski definition) is 3. The molecule has 2 aromatic rings. The SMILES string of the molecule is CC(Nc1cc(C(F)(F)F)ncc1N)c1ccccc1F. The van der Waals surface area contributed by atoms with E-state index in [0.717, 1.165) is 12.3 Å². The van der Waals surface area contributed by atoms with E-state index in [4.69, 9.17) is 5.73 Å². The van der Waals surface area contributed by atoms with Crippen molar-refractivity contribution in [3.05, 3.63) is 53.6 Å². The van der Waals surface area contributed by atoms with Crippen molar-refractivity contribution < 1.29 is 17.6 Å². The van der Waals surface area contributed by atoms with Crippen molar-refractivity contribution in [2.45, 2.75) is 19.1 Å². The van der Waals surface area contributed by atoms with Gasteiger partial charge in [-0.1, -0.05) is 18.2 Å². The Bertz CT molecular complexity index is 640. The average molecular weight is 299 g/mol. The van der Waals surface area contributed by atoms with Gasteiger partial charge in [0.05, 0.1) is 23.6 Å². The fourth-order valence-corrected chi connectivity index (χ4v) is 1.88. The lowest BCUT2D eigenvalue weighted by Gasteiger charge is -2.18. The lowest BCUT2D eigenvalue weighted by atomic mass is 10.1. The van der Waals surface area contributed by atoms with Gasteiger partial charge < -0.3 is 11.1 Å². The van der Waals surface area contributed by atoms with Crippen LogP contribution < -0.4 is 11.1 Å². The van der Waals surface area contributed by atoms with Gasteiger partial charge in [0.1, 0.15) is 11.5 Å². The van der Waals surface area contributed by atoms with E-state index in [9.17, 15) is 17.6 Å². The van der Waals surface area contributed by atoms with Crippen LogP contribution in [0.5, 0.6) is 0 Å². The summed E-state index contributed by atoms with van der Waals surface area (Å²) in [4.78, 5) is 3.24. The molecule has 0 aliphatic rings. The first-order valence-electron chi connectivity index (χ1n) is 6.12. The van der Waals surface area contributed by atoms with Gasteiger partial charge in [0.15, 0.2) is 0 Å². The van der Waals surface area contributed by atoms with Crippen LogP contribution in [-0.4, -0.2) is 4.98 Å². The van der Waals surface area contributed by atoms with Crippen molar-refractivity contribution in [2.24, 2.45) is 0 Å². The van der Waals surface area contributed by atoms with E-state index in [1.54, 1.807) is 19.1 Å². The van der Waals surface area contributed by atoms with Gasteiger partial charge in [-0.15, -0.1) is 0 Å². The molecule has 1 aromatic carbocycles. The molecule has 0 saturated carbocycles. The van der Waals surface area contributed by atoms with E-state index in [1.807, 2.05) is 0 Å². The molecule has 1 aromatic heterocycles. The Morgan fingerprint density at radius 3 is 2.52 bits per heavy atom. The highest BCUT2D eigenvalue weighted by molar-refractivity contribution is 5.66. The first kappa shape index (κ1) is 15.1. The molecule has 112 valence electrons. The Morgan fingerprint density at radius 2 is 1.90 bits per heavy atom. The average Bonchev–Trinajstić information content (AvgIpc) is 2.40. The summed E-state index contributed by atoms with van der Waals surface area (Å²) >= 11 is 0. The molecule has 0 aliphatic carbocycles. The number of nitrogen functional groups attached to an aromatic ring is 1. The second-order valence-electron chi connectivity index (χ2n) is 4.54. The number of nitrogens with one attached hydrogen (secondary N) is 1. The highest BCUT2D eigenvalue weighted by atomic mass is 19.4. The van der Waals surface area contributed by atoms with E-state index in [-0.39, 0.29) is 11.4 Å². The molecule has 0 radical (unpaired) electrons. The zero-order valence-corrected chi connectivity index (χ0v) is 11.1. The molecule has 1 heterocycles. The molecule has 0 fully saturated rings. The third-order valence-electron chi connectivity index (χ3n) is 2.97. The summed E-state index contributed by atoms with van der Waals surface area (Å²) in [6, 6.07) is 6.28. The molecule has 0 bridgehead atoms. The van der Waals surface area contributed by atoms with Crippen molar-refractivity contribution in [2.75, 3.05) is 11.1 Å². The molecular formula is C14H13F4N3. The third kappa shape index (κ3) is 3.42. The number of benzene rings is 1. The van der Waals surface area contributed by atoms with Crippen LogP contribution in [-0.2, 0) is 6.18 Å². The summed E-state index contributed by atoms with van der Waals surface area (Å²) < 4.78 is 51.5. The summed E-state index contributed by atoms with van der Waals surface area (Å²) in [5.74, 6) is -0.443. The molecule has 7 heteroatoms. The van der Waals surface area contributed by atoms with Gasteiger partial charge in [0.25, 0.3) is 0 Å². The van der Waals surface area contributed by atoms with E-state index in [1.165, 1.54) is 12.1 Å². The number of halogens is 4. The van der Waals surface area contributed by atoms with E-state index < -0.39 is 23.7 Å². The minimum absolute atomic E-state index is 0.0613. The smallest absolute Gasteiger partial charge is 0.396 e. The number of aromatic nitrogens is 1. The molecule has 1 unspecified atom stereocenters. The molecule has 0 aliphatic heterocycles. The van der Waals surface area contributed by atoms with Crippen molar-refractivity contribution >= 4 is 11.4 Å². The Kier molecular flexibility index (Phi) is 4.02. The molecular weight excluding hydrogens is 286 g/mol. The Labute approximate surface area is 118 Å². The molecule has 1 atom stereocenters. The maximum absolute atomic E-state index is 13.6. The predicted octanol–water partition coefficient (Wildman–Crippen LogP) is 3.99. The highest BCUT2D eigenvalue weighted by Crippen LogP contribution is 2.32. The third-order valence-corrected chi connectivity index (χ3v) is 2.97. The molecule has 0 saturated heterocycles. The van der Waals surface area contributed by atoms with Gasteiger partial charge in [-0.2, -0.15) is 13.2 Å². The second-order valence-corrected chi connectivity index (χ2v) is 4.54. The van der Waals surface area contributed by atoms with E-state index >= 15 is 0 Å². The number of alkyl halides is 3. The molecule has 2 rings (SSSR count). The minimum Gasteiger partial charge on any atom is -0.396 e. The van der Waals surface area contributed by atoms with Crippen LogP contribution in [0, 0.1) is 5.82 Å².